The van der Waals surface area contributed by atoms with Gasteiger partial charge in [0.1, 0.15) is 11.9 Å². The topological polar surface area (TPSA) is 48.3 Å². The van der Waals surface area contributed by atoms with Gasteiger partial charge >= 0.3 is 0 Å². The minimum atomic E-state index is -0.467. The Morgan fingerprint density at radius 2 is 2.37 bits per heavy atom. The zero-order valence-electron chi connectivity index (χ0n) is 10.6. The van der Waals surface area contributed by atoms with E-state index in [0.29, 0.717) is 12.6 Å². The number of nitrogens with zero attached hydrogens (tertiary/aromatic N) is 2. The smallest absolute Gasteiger partial charge is 0.141 e. The molecule has 3 rings (SSSR count). The molecule has 0 aromatic heterocycles. The summed E-state index contributed by atoms with van der Waals surface area (Å²) in [6.45, 7) is 4.40. The standard InChI is InChI=1S/C14H16FN3O/c15-13-5-10(1-2-11(13)6-16)14-8-18-4-3-17-7-12(18)9-19-14/h1-2,5,12,14,17H,3-4,7-9H2/t12-,14+/m0/s1. The summed E-state index contributed by atoms with van der Waals surface area (Å²) in [6, 6.07) is 7.00. The molecule has 0 amide bonds. The Morgan fingerprint density at radius 1 is 1.47 bits per heavy atom. The molecule has 0 radical (unpaired) electrons. The lowest BCUT2D eigenvalue weighted by Crippen LogP contribution is -2.57. The molecule has 19 heavy (non-hydrogen) atoms. The average Bonchev–Trinajstić information content (AvgIpc) is 2.46. The summed E-state index contributed by atoms with van der Waals surface area (Å²) in [6.07, 6.45) is -0.100. The summed E-state index contributed by atoms with van der Waals surface area (Å²) in [5.41, 5.74) is 0.896. The van der Waals surface area contributed by atoms with Crippen molar-refractivity contribution in [1.82, 2.24) is 10.2 Å². The molecule has 0 unspecified atom stereocenters. The first kappa shape index (κ1) is 12.5. The van der Waals surface area contributed by atoms with Crippen LogP contribution in [0.25, 0.3) is 0 Å². The van der Waals surface area contributed by atoms with Gasteiger partial charge in [0, 0.05) is 32.2 Å². The van der Waals surface area contributed by atoms with Gasteiger partial charge in [0.15, 0.2) is 0 Å². The lowest BCUT2D eigenvalue weighted by Gasteiger charge is -2.42. The van der Waals surface area contributed by atoms with Crippen molar-refractivity contribution in [2.75, 3.05) is 32.8 Å². The van der Waals surface area contributed by atoms with Gasteiger partial charge in [-0.3, -0.25) is 4.90 Å². The highest BCUT2D eigenvalue weighted by atomic mass is 19.1. The van der Waals surface area contributed by atoms with Crippen molar-refractivity contribution in [3.8, 4) is 6.07 Å². The lowest BCUT2D eigenvalue weighted by molar-refractivity contribution is -0.0718. The van der Waals surface area contributed by atoms with Crippen LogP contribution in [0.1, 0.15) is 17.2 Å². The second kappa shape index (κ2) is 5.25. The Bertz CT molecular complexity index is 514. The molecule has 1 aromatic rings. The predicted molar refractivity (Wildman–Crippen MR) is 68.0 cm³/mol. The second-order valence-corrected chi connectivity index (χ2v) is 5.03. The molecule has 2 fully saturated rings. The van der Waals surface area contributed by atoms with Gasteiger partial charge in [-0.15, -0.1) is 0 Å². The van der Waals surface area contributed by atoms with E-state index in [1.165, 1.54) is 12.1 Å². The minimum absolute atomic E-state index is 0.0830. The van der Waals surface area contributed by atoms with Gasteiger partial charge in [-0.2, -0.15) is 5.26 Å². The van der Waals surface area contributed by atoms with Crippen LogP contribution >= 0.6 is 0 Å². The maximum atomic E-state index is 13.6. The van der Waals surface area contributed by atoms with Crippen LogP contribution < -0.4 is 5.32 Å². The number of rotatable bonds is 1. The summed E-state index contributed by atoms with van der Waals surface area (Å²) in [7, 11) is 0. The zero-order chi connectivity index (χ0) is 13.2. The maximum absolute atomic E-state index is 13.6. The molecule has 0 saturated carbocycles. The Balaban J connectivity index is 1.76. The van der Waals surface area contributed by atoms with E-state index in [1.54, 1.807) is 6.07 Å². The molecule has 1 N–H and O–H groups in total. The van der Waals surface area contributed by atoms with Crippen molar-refractivity contribution < 1.29 is 9.13 Å². The SMILES string of the molecule is N#Cc1ccc([C@H]2CN3CCNC[C@H]3CO2)cc1F. The van der Waals surface area contributed by atoms with Gasteiger partial charge in [0.25, 0.3) is 0 Å². The van der Waals surface area contributed by atoms with E-state index in [2.05, 4.69) is 10.2 Å². The Hall–Kier alpha value is -1.48. The first-order valence-corrected chi connectivity index (χ1v) is 6.54. The molecule has 0 spiro atoms. The first-order valence-electron chi connectivity index (χ1n) is 6.54. The van der Waals surface area contributed by atoms with Crippen LogP contribution in [-0.4, -0.2) is 43.7 Å². The summed E-state index contributed by atoms with van der Waals surface area (Å²) >= 11 is 0. The Labute approximate surface area is 111 Å². The van der Waals surface area contributed by atoms with Gasteiger partial charge in [-0.05, 0) is 17.7 Å². The summed E-state index contributed by atoms with van der Waals surface area (Å²) in [5.74, 6) is -0.467. The number of piperazine rings is 1. The van der Waals surface area contributed by atoms with Crippen LogP contribution in [0.15, 0.2) is 18.2 Å². The van der Waals surface area contributed by atoms with Gasteiger partial charge in [-0.25, -0.2) is 4.39 Å². The molecule has 2 aliphatic rings. The van der Waals surface area contributed by atoms with Crippen molar-refractivity contribution in [2.45, 2.75) is 12.1 Å². The molecule has 2 aliphatic heterocycles. The summed E-state index contributed by atoms with van der Waals surface area (Å²) in [5, 5.41) is 12.1. The highest BCUT2D eigenvalue weighted by Gasteiger charge is 2.31. The average molecular weight is 261 g/mol. The number of ether oxygens (including phenoxy) is 1. The highest BCUT2D eigenvalue weighted by molar-refractivity contribution is 5.34. The van der Waals surface area contributed by atoms with Gasteiger partial charge in [-0.1, -0.05) is 6.07 Å². The lowest BCUT2D eigenvalue weighted by atomic mass is 10.0. The fourth-order valence-electron chi connectivity index (χ4n) is 2.72. The monoisotopic (exact) mass is 261 g/mol. The second-order valence-electron chi connectivity index (χ2n) is 5.03. The van der Waals surface area contributed by atoms with Crippen molar-refractivity contribution in [3.63, 3.8) is 0 Å². The molecule has 1 aromatic carbocycles. The van der Waals surface area contributed by atoms with Gasteiger partial charge < -0.3 is 10.1 Å². The number of halogens is 1. The third-order valence-corrected chi connectivity index (χ3v) is 3.85. The number of hydrogen-bond acceptors (Lipinski definition) is 4. The van der Waals surface area contributed by atoms with Crippen LogP contribution in [0.4, 0.5) is 4.39 Å². The molecule has 4 nitrogen and oxygen atoms in total. The third-order valence-electron chi connectivity index (χ3n) is 3.85. The quantitative estimate of drug-likeness (QED) is 0.820. The van der Waals surface area contributed by atoms with Crippen molar-refractivity contribution in [2.24, 2.45) is 0 Å². The predicted octanol–water partition coefficient (Wildman–Crippen LogP) is 1.04. The summed E-state index contributed by atoms with van der Waals surface area (Å²) in [4.78, 5) is 2.39. The van der Waals surface area contributed by atoms with Crippen LogP contribution in [0.5, 0.6) is 0 Å². The van der Waals surface area contributed by atoms with Crippen LogP contribution in [0.2, 0.25) is 0 Å². The van der Waals surface area contributed by atoms with Crippen LogP contribution in [0.3, 0.4) is 0 Å². The first-order chi connectivity index (χ1) is 9.28. The Morgan fingerprint density at radius 3 is 3.16 bits per heavy atom. The molecule has 5 heteroatoms. The molecule has 100 valence electrons. The molecule has 0 bridgehead atoms. The van der Waals surface area contributed by atoms with Crippen LogP contribution in [-0.2, 0) is 4.74 Å². The van der Waals surface area contributed by atoms with E-state index >= 15 is 0 Å². The number of nitriles is 1. The molecule has 2 atom stereocenters. The number of nitrogens with one attached hydrogen (secondary N) is 1. The number of hydrogen-bond donors (Lipinski definition) is 1. The van der Waals surface area contributed by atoms with E-state index in [1.807, 2.05) is 6.07 Å². The summed E-state index contributed by atoms with van der Waals surface area (Å²) < 4.78 is 19.5. The van der Waals surface area contributed by atoms with E-state index in [9.17, 15) is 4.39 Å². The molecule has 0 aliphatic carbocycles. The number of fused-ring (bicyclic) bond motifs is 1. The molecule has 2 heterocycles. The number of morpholine rings is 1. The molecular weight excluding hydrogens is 245 g/mol. The fraction of sp³-hybridized carbons (Fsp3) is 0.500. The van der Waals surface area contributed by atoms with Crippen LogP contribution in [0, 0.1) is 17.1 Å². The fourth-order valence-corrected chi connectivity index (χ4v) is 2.72. The van der Waals surface area contributed by atoms with E-state index in [-0.39, 0.29) is 11.7 Å². The van der Waals surface area contributed by atoms with Crippen molar-refractivity contribution in [3.05, 3.63) is 35.1 Å². The van der Waals surface area contributed by atoms with Gasteiger partial charge in [0.05, 0.1) is 18.3 Å². The highest BCUT2D eigenvalue weighted by Crippen LogP contribution is 2.26. The molecule has 2 saturated heterocycles. The molecular formula is C14H16FN3O. The van der Waals surface area contributed by atoms with Crippen molar-refractivity contribution >= 4 is 0 Å². The van der Waals surface area contributed by atoms with E-state index < -0.39 is 5.82 Å². The van der Waals surface area contributed by atoms with Gasteiger partial charge in [0.2, 0.25) is 0 Å². The van der Waals surface area contributed by atoms with Crippen molar-refractivity contribution in [1.29, 1.82) is 5.26 Å². The van der Waals surface area contributed by atoms with E-state index in [4.69, 9.17) is 10.00 Å². The number of benzene rings is 1. The minimum Gasteiger partial charge on any atom is -0.371 e. The third kappa shape index (κ3) is 2.47. The van der Waals surface area contributed by atoms with E-state index in [0.717, 1.165) is 31.7 Å². The Kier molecular flexibility index (Phi) is 3.47. The normalized spacial score (nSPS) is 27.6. The zero-order valence-corrected chi connectivity index (χ0v) is 10.6. The maximum Gasteiger partial charge on any atom is 0.141 e. The largest absolute Gasteiger partial charge is 0.371 e.